The molecule has 2 aromatic carbocycles. The van der Waals surface area contributed by atoms with Crippen LogP contribution >= 0.6 is 23.2 Å². The number of rotatable bonds is 5. The van der Waals surface area contributed by atoms with Crippen molar-refractivity contribution >= 4 is 35.1 Å². The molecular formula is C28H25Cl2F5N4O3. The molecule has 2 atom stereocenters. The van der Waals surface area contributed by atoms with Crippen molar-refractivity contribution in [2.75, 3.05) is 26.2 Å². The smallest absolute Gasteiger partial charge is 0.361 e. The van der Waals surface area contributed by atoms with Crippen LogP contribution in [0.25, 0.3) is 5.69 Å². The number of halogens is 7. The largest absolute Gasteiger partial charge is 0.492 e. The lowest BCUT2D eigenvalue weighted by Gasteiger charge is -2.34. The van der Waals surface area contributed by atoms with Crippen LogP contribution in [0, 0.1) is 24.5 Å². The zero-order valence-electron chi connectivity index (χ0n) is 22.2. The maximum Gasteiger partial charge on any atom is 0.492 e. The lowest BCUT2D eigenvalue weighted by molar-refractivity contribution is -0.235. The van der Waals surface area contributed by atoms with Crippen molar-refractivity contribution in [2.24, 2.45) is 5.92 Å². The van der Waals surface area contributed by atoms with E-state index in [0.717, 1.165) is 23.5 Å². The predicted molar refractivity (Wildman–Crippen MR) is 143 cm³/mol. The summed E-state index contributed by atoms with van der Waals surface area (Å²) < 4.78 is 68.6. The zero-order valence-corrected chi connectivity index (χ0v) is 23.7. The first kappa shape index (κ1) is 30.2. The van der Waals surface area contributed by atoms with Crippen LogP contribution in [-0.4, -0.2) is 64.0 Å². The summed E-state index contributed by atoms with van der Waals surface area (Å²) in [6, 6.07) is 9.81. The zero-order chi connectivity index (χ0) is 30.3. The van der Waals surface area contributed by atoms with Crippen molar-refractivity contribution in [2.45, 2.75) is 37.8 Å². The van der Waals surface area contributed by atoms with Gasteiger partial charge in [-0.2, -0.15) is 18.3 Å². The number of benzene rings is 2. The summed E-state index contributed by atoms with van der Waals surface area (Å²) in [4.78, 5) is 31.2. The molecule has 2 aliphatic rings. The Balaban J connectivity index is 1.34. The first-order valence-corrected chi connectivity index (χ1v) is 13.9. The Labute approximate surface area is 247 Å². The van der Waals surface area contributed by atoms with Crippen LogP contribution in [0.4, 0.5) is 22.0 Å². The van der Waals surface area contributed by atoms with Gasteiger partial charge in [-0.15, -0.1) is 5.06 Å². The monoisotopic (exact) mass is 630 g/mol. The fourth-order valence-corrected chi connectivity index (χ4v) is 6.02. The Morgan fingerprint density at radius 3 is 2.38 bits per heavy atom. The number of carbonyl (C=O) groups excluding carboxylic acids is 2. The summed E-state index contributed by atoms with van der Waals surface area (Å²) in [6.07, 6.45) is -4.16. The number of hydrogen-bond acceptors (Lipinski definition) is 5. The Morgan fingerprint density at radius 1 is 1.00 bits per heavy atom. The molecule has 1 amide bonds. The molecule has 0 aliphatic carbocycles. The summed E-state index contributed by atoms with van der Waals surface area (Å²) in [5.74, 6) is -6.64. The van der Waals surface area contributed by atoms with E-state index in [-0.39, 0.29) is 24.6 Å². The molecule has 0 bridgehead atoms. The molecule has 1 aromatic heterocycles. The minimum Gasteiger partial charge on any atom is -0.361 e. The number of amides is 1. The van der Waals surface area contributed by atoms with Crippen LogP contribution in [0.1, 0.15) is 41.6 Å². The number of nitrogens with zero attached hydrogens (tertiary/aromatic N) is 4. The fraction of sp³-hybridized carbons (Fsp3) is 0.393. The van der Waals surface area contributed by atoms with Crippen LogP contribution in [0.2, 0.25) is 10.0 Å². The number of piperidine rings is 1. The standard InChI is InChI=1S/C28H25Cl2F5N4O3/c1-15-10-24(39(36-15)25-11-17(29)2-5-22(25)30)16-6-8-37(9-7-16)26(40)21-14-38(42-27(41)28(33,34)35)13-20(21)19-4-3-18(31)12-23(19)32/h2-5,10-12,16,20-21H,6-9,13-14H2,1H3/t20-,21+/m0/s1. The third-order valence-corrected chi connectivity index (χ3v) is 8.18. The highest BCUT2D eigenvalue weighted by atomic mass is 35.5. The Bertz CT molecular complexity index is 1510. The predicted octanol–water partition coefficient (Wildman–Crippen LogP) is 6.21. The van der Waals surface area contributed by atoms with Crippen LogP contribution in [-0.2, 0) is 14.4 Å². The van der Waals surface area contributed by atoms with Gasteiger partial charge in [-0.25, -0.2) is 18.3 Å². The Morgan fingerprint density at radius 2 is 1.71 bits per heavy atom. The van der Waals surface area contributed by atoms with Crippen molar-refractivity contribution in [3.63, 3.8) is 0 Å². The molecule has 0 N–H and O–H groups in total. The highest BCUT2D eigenvalue weighted by molar-refractivity contribution is 6.34. The minimum absolute atomic E-state index is 0.00320. The molecule has 14 heteroatoms. The highest BCUT2D eigenvalue weighted by Crippen LogP contribution is 2.38. The molecule has 2 aliphatic heterocycles. The van der Waals surface area contributed by atoms with Gasteiger partial charge >= 0.3 is 12.1 Å². The lowest BCUT2D eigenvalue weighted by atomic mass is 9.86. The van der Waals surface area contributed by atoms with Crippen molar-refractivity contribution in [1.82, 2.24) is 19.7 Å². The van der Waals surface area contributed by atoms with E-state index in [2.05, 4.69) is 9.94 Å². The topological polar surface area (TPSA) is 67.7 Å². The van der Waals surface area contributed by atoms with Gasteiger partial charge in [0.15, 0.2) is 0 Å². The van der Waals surface area contributed by atoms with E-state index >= 15 is 0 Å². The minimum atomic E-state index is -5.25. The maximum absolute atomic E-state index is 14.7. The molecular weight excluding hydrogens is 606 g/mol. The van der Waals surface area contributed by atoms with Gasteiger partial charge < -0.3 is 9.74 Å². The normalized spacial score (nSPS) is 20.2. The first-order chi connectivity index (χ1) is 19.8. The van der Waals surface area contributed by atoms with Gasteiger partial charge in [-0.3, -0.25) is 4.79 Å². The summed E-state index contributed by atoms with van der Waals surface area (Å²) in [5.41, 5.74) is 2.23. The van der Waals surface area contributed by atoms with E-state index in [1.165, 1.54) is 0 Å². The van der Waals surface area contributed by atoms with E-state index in [9.17, 15) is 31.5 Å². The van der Waals surface area contributed by atoms with Gasteiger partial charge in [0.2, 0.25) is 5.91 Å². The average molecular weight is 631 g/mol. The molecule has 42 heavy (non-hydrogen) atoms. The van der Waals surface area contributed by atoms with Gasteiger partial charge in [-0.1, -0.05) is 29.3 Å². The van der Waals surface area contributed by atoms with E-state index in [0.29, 0.717) is 52.8 Å². The molecule has 0 saturated carbocycles. The third kappa shape index (κ3) is 6.25. The molecule has 5 rings (SSSR count). The molecule has 7 nitrogen and oxygen atoms in total. The third-order valence-electron chi connectivity index (χ3n) is 7.63. The molecule has 3 heterocycles. The number of aromatic nitrogens is 2. The van der Waals surface area contributed by atoms with Gasteiger partial charge in [-0.05, 0) is 55.7 Å². The Kier molecular flexibility index (Phi) is 8.51. The summed E-state index contributed by atoms with van der Waals surface area (Å²) >= 11 is 12.6. The molecule has 0 radical (unpaired) electrons. The molecule has 224 valence electrons. The SMILES string of the molecule is Cc1cc(C2CCN(C(=O)[C@@H]3CN(OC(=O)C(F)(F)F)C[C@H]3c3ccc(F)cc3F)CC2)n(-c2cc(Cl)ccc2Cl)n1. The number of likely N-dealkylation sites (tertiary alicyclic amines) is 1. The molecule has 0 unspecified atom stereocenters. The molecule has 3 aromatic rings. The summed E-state index contributed by atoms with van der Waals surface area (Å²) in [7, 11) is 0. The summed E-state index contributed by atoms with van der Waals surface area (Å²) in [6.45, 7) is 1.74. The van der Waals surface area contributed by atoms with E-state index in [4.69, 9.17) is 23.2 Å². The van der Waals surface area contributed by atoms with Gasteiger partial charge in [0.25, 0.3) is 0 Å². The fourth-order valence-electron chi connectivity index (χ4n) is 5.66. The number of carbonyl (C=O) groups is 2. The van der Waals surface area contributed by atoms with E-state index in [1.54, 1.807) is 27.8 Å². The quantitative estimate of drug-likeness (QED) is 0.314. The molecule has 2 saturated heterocycles. The Hall–Kier alpha value is -3.22. The maximum atomic E-state index is 14.7. The lowest BCUT2D eigenvalue weighted by Crippen LogP contribution is -2.43. The highest BCUT2D eigenvalue weighted by Gasteiger charge is 2.47. The number of alkyl halides is 3. The van der Waals surface area contributed by atoms with E-state index in [1.807, 2.05) is 13.0 Å². The average Bonchev–Trinajstić information content (AvgIpc) is 3.52. The van der Waals surface area contributed by atoms with Crippen molar-refractivity contribution in [3.05, 3.63) is 81.1 Å². The second kappa shape index (κ2) is 11.8. The second-order valence-corrected chi connectivity index (χ2v) is 11.3. The van der Waals surface area contributed by atoms with Crippen molar-refractivity contribution in [3.8, 4) is 5.69 Å². The molecule has 2 fully saturated rings. The van der Waals surface area contributed by atoms with Crippen LogP contribution in [0.3, 0.4) is 0 Å². The number of hydroxylamine groups is 2. The van der Waals surface area contributed by atoms with Crippen LogP contribution in [0.15, 0.2) is 42.5 Å². The number of hydrogen-bond donors (Lipinski definition) is 0. The van der Waals surface area contributed by atoms with Crippen LogP contribution < -0.4 is 0 Å². The van der Waals surface area contributed by atoms with Crippen LogP contribution in [0.5, 0.6) is 0 Å². The summed E-state index contributed by atoms with van der Waals surface area (Å²) in [5, 5.41) is 6.26. The molecule has 0 spiro atoms. The number of aryl methyl sites for hydroxylation is 1. The van der Waals surface area contributed by atoms with Gasteiger partial charge in [0.1, 0.15) is 11.6 Å². The second-order valence-electron chi connectivity index (χ2n) is 10.4. The van der Waals surface area contributed by atoms with Crippen molar-refractivity contribution < 1.29 is 36.4 Å². The van der Waals surface area contributed by atoms with E-state index < -0.39 is 41.5 Å². The first-order valence-electron chi connectivity index (χ1n) is 13.1. The van der Waals surface area contributed by atoms with Gasteiger partial charge in [0.05, 0.1) is 22.3 Å². The van der Waals surface area contributed by atoms with Crippen molar-refractivity contribution in [1.29, 1.82) is 0 Å². The van der Waals surface area contributed by atoms with Gasteiger partial charge in [0, 0.05) is 54.8 Å².